The molecule has 0 spiro atoms. The number of rotatable bonds is 7. The summed E-state index contributed by atoms with van der Waals surface area (Å²) in [6.45, 7) is 1.78. The highest BCUT2D eigenvalue weighted by molar-refractivity contribution is 9.11. The average molecular weight is 773 g/mol. The molecule has 0 aromatic heterocycles. The quantitative estimate of drug-likeness (QED) is 0.253. The van der Waals surface area contributed by atoms with Crippen molar-refractivity contribution >= 4 is 67.4 Å². The highest BCUT2D eigenvalue weighted by Gasteiger charge is 2.34. The number of piperidine rings is 2. The number of aliphatic carboxylic acids is 1. The zero-order chi connectivity index (χ0) is 33.5. The van der Waals surface area contributed by atoms with Crippen molar-refractivity contribution in [3.05, 3.63) is 68.4 Å². The van der Waals surface area contributed by atoms with E-state index in [1.165, 1.54) is 11.1 Å². The normalized spacial score (nSPS) is 18.9. The fourth-order valence-electron chi connectivity index (χ4n) is 6.07. The molecular formula is C33H35Br2N5O7. The molecule has 5 rings (SSSR count). The maximum atomic E-state index is 13.3. The van der Waals surface area contributed by atoms with Crippen LogP contribution in [-0.4, -0.2) is 99.2 Å². The van der Waals surface area contributed by atoms with Crippen LogP contribution in [0, 0.1) is 0 Å². The van der Waals surface area contributed by atoms with Crippen LogP contribution < -0.4 is 5.32 Å². The Hall–Kier alpha value is -4.09. The Morgan fingerprint density at radius 3 is 2.51 bits per heavy atom. The second-order valence-corrected chi connectivity index (χ2v) is 13.4. The number of phenolic OH excluding ortho intramolecular Hbond substituents is 1. The Morgan fingerprint density at radius 2 is 1.79 bits per heavy atom. The minimum Gasteiger partial charge on any atom is -0.506 e. The molecule has 4 amide bonds. The standard InChI is InChI=1S/C33H35Br2N5O7/c34-24-18-21(19-25(35)29(24)41)20-28(30(42)36-12-5-14-38-13-4-3-8-27(38)31(43)44)47-33(46)39-15-10-23(11-16-39)40-17-9-22-6-1-2-7-26(22)37-32(40)45/h1-2,6-7,14,18-19,23,27-28,41H,3-4,8-11,13,15-17,20H2,(H,37,45)(H,43,44)/t27-,28+/m0/s1. The smallest absolute Gasteiger partial charge is 0.410 e. The van der Waals surface area contributed by atoms with Crippen molar-refractivity contribution in [3.63, 3.8) is 0 Å². The van der Waals surface area contributed by atoms with Gasteiger partial charge in [0.25, 0.3) is 5.91 Å². The number of hydrogen-bond acceptors (Lipinski definition) is 7. The molecule has 0 unspecified atom stereocenters. The molecule has 3 aliphatic rings. The minimum absolute atomic E-state index is 0.0121. The van der Waals surface area contributed by atoms with Crippen LogP contribution >= 0.6 is 31.9 Å². The summed E-state index contributed by atoms with van der Waals surface area (Å²) in [5.41, 5.74) is 5.13. The van der Waals surface area contributed by atoms with Gasteiger partial charge in [-0.2, -0.15) is 4.99 Å². The fourth-order valence-corrected chi connectivity index (χ4v) is 7.35. The molecule has 2 fully saturated rings. The fraction of sp³-hybridized carbons (Fsp3) is 0.424. The van der Waals surface area contributed by atoms with E-state index in [4.69, 9.17) is 4.74 Å². The van der Waals surface area contributed by atoms with E-state index in [2.05, 4.69) is 53.8 Å². The van der Waals surface area contributed by atoms with Gasteiger partial charge in [0.05, 0.1) is 15.1 Å². The Labute approximate surface area is 289 Å². The van der Waals surface area contributed by atoms with Gasteiger partial charge in [0.2, 0.25) is 0 Å². The van der Waals surface area contributed by atoms with Crippen LogP contribution in [0.2, 0.25) is 0 Å². The number of nitrogens with one attached hydrogen (secondary N) is 1. The summed E-state index contributed by atoms with van der Waals surface area (Å²) >= 11 is 6.58. The van der Waals surface area contributed by atoms with Gasteiger partial charge in [0.1, 0.15) is 11.8 Å². The molecule has 2 aromatic rings. The number of carboxylic acid groups (broad SMARTS) is 1. The van der Waals surface area contributed by atoms with Crippen LogP contribution in [0.15, 0.2) is 62.3 Å². The Kier molecular flexibility index (Phi) is 11.4. The molecular weight excluding hydrogens is 738 g/mol. The molecule has 3 heterocycles. The lowest BCUT2D eigenvalue weighted by Crippen LogP contribution is -2.50. The number of nitrogens with zero attached hydrogens (tertiary/aromatic N) is 4. The van der Waals surface area contributed by atoms with Crippen LogP contribution in [0.3, 0.4) is 0 Å². The van der Waals surface area contributed by atoms with Crippen LogP contribution in [-0.2, 0) is 27.2 Å². The zero-order valence-electron chi connectivity index (χ0n) is 25.5. The van der Waals surface area contributed by atoms with Crippen LogP contribution in [0.5, 0.6) is 5.75 Å². The first-order chi connectivity index (χ1) is 22.6. The number of carboxylic acids is 1. The molecule has 3 N–H and O–H groups in total. The number of anilines is 1. The summed E-state index contributed by atoms with van der Waals surface area (Å²) in [5, 5.41) is 22.6. The summed E-state index contributed by atoms with van der Waals surface area (Å²) in [5.74, 6) is 0.711. The van der Waals surface area contributed by atoms with Gasteiger partial charge in [-0.1, -0.05) is 18.2 Å². The summed E-state index contributed by atoms with van der Waals surface area (Å²) in [4.78, 5) is 59.9. The number of hydrogen-bond donors (Lipinski definition) is 3. The number of urea groups is 1. The number of halogens is 2. The number of aliphatic imine (C=N–C) groups is 1. The summed E-state index contributed by atoms with van der Waals surface area (Å²) in [7, 11) is 0. The number of fused-ring (bicyclic) bond motifs is 1. The first kappa shape index (κ1) is 34.3. The van der Waals surface area contributed by atoms with Crippen molar-refractivity contribution in [2.75, 3.05) is 31.5 Å². The first-order valence-corrected chi connectivity index (χ1v) is 17.0. The van der Waals surface area contributed by atoms with Crippen molar-refractivity contribution < 1.29 is 34.1 Å². The minimum atomic E-state index is -1.31. The van der Waals surface area contributed by atoms with Crippen molar-refractivity contribution in [2.24, 2.45) is 4.99 Å². The maximum Gasteiger partial charge on any atom is 0.410 e. The number of benzene rings is 2. The van der Waals surface area contributed by atoms with E-state index >= 15 is 0 Å². The SMILES string of the molecule is O=C(N=C=C=CN1CCCC[C@H]1C(=O)O)[C@@H](Cc1cc(Br)c(O)c(Br)c1)OC(=O)N1CCC(N2CCc3ccccc3NC2=O)CC1. The lowest BCUT2D eigenvalue weighted by atomic mass is 10.0. The Balaban J connectivity index is 1.25. The van der Waals surface area contributed by atoms with E-state index in [-0.39, 0.29) is 24.2 Å². The second-order valence-electron chi connectivity index (χ2n) is 11.7. The summed E-state index contributed by atoms with van der Waals surface area (Å²) in [6.07, 6.45) is 3.39. The van der Waals surface area contributed by atoms with Crippen molar-refractivity contribution in [1.29, 1.82) is 0 Å². The average Bonchev–Trinajstić information content (AvgIpc) is 3.23. The number of carbonyl (C=O) groups is 4. The largest absolute Gasteiger partial charge is 0.506 e. The number of likely N-dealkylation sites (tertiary alicyclic amines) is 2. The molecule has 47 heavy (non-hydrogen) atoms. The molecule has 0 radical (unpaired) electrons. The topological polar surface area (TPSA) is 152 Å². The lowest BCUT2D eigenvalue weighted by Gasteiger charge is -2.37. The van der Waals surface area contributed by atoms with E-state index in [0.717, 1.165) is 30.5 Å². The van der Waals surface area contributed by atoms with Gasteiger partial charge in [-0.25, -0.2) is 14.4 Å². The molecule has 0 bridgehead atoms. The number of ether oxygens (including phenoxy) is 1. The van der Waals surface area contributed by atoms with E-state index < -0.39 is 30.1 Å². The highest BCUT2D eigenvalue weighted by Crippen LogP contribution is 2.34. The number of amides is 4. The summed E-state index contributed by atoms with van der Waals surface area (Å²) < 4.78 is 6.50. The molecule has 2 atom stereocenters. The van der Waals surface area contributed by atoms with E-state index in [1.807, 2.05) is 29.2 Å². The van der Waals surface area contributed by atoms with Gasteiger partial charge in [0.15, 0.2) is 6.10 Å². The van der Waals surface area contributed by atoms with Crippen molar-refractivity contribution in [2.45, 2.75) is 63.1 Å². The third kappa shape index (κ3) is 8.64. The second kappa shape index (κ2) is 15.7. The number of para-hydroxylation sites is 1. The Morgan fingerprint density at radius 1 is 1.06 bits per heavy atom. The van der Waals surface area contributed by atoms with Crippen molar-refractivity contribution in [1.82, 2.24) is 14.7 Å². The van der Waals surface area contributed by atoms with Gasteiger partial charge in [-0.15, -0.1) is 0 Å². The van der Waals surface area contributed by atoms with Gasteiger partial charge < -0.3 is 35.0 Å². The Bertz CT molecular complexity index is 1610. The maximum absolute atomic E-state index is 13.3. The third-order valence-electron chi connectivity index (χ3n) is 8.61. The molecule has 12 nitrogen and oxygen atoms in total. The number of carbonyl (C=O) groups excluding carboxylic acids is 3. The van der Waals surface area contributed by atoms with Gasteiger partial charge >= 0.3 is 18.1 Å². The predicted molar refractivity (Wildman–Crippen MR) is 180 cm³/mol. The predicted octanol–water partition coefficient (Wildman–Crippen LogP) is 5.32. The molecule has 0 aliphatic carbocycles. The van der Waals surface area contributed by atoms with Gasteiger partial charge in [-0.05, 0) is 105 Å². The van der Waals surface area contributed by atoms with E-state index in [0.29, 0.717) is 60.0 Å². The monoisotopic (exact) mass is 771 g/mol. The van der Waals surface area contributed by atoms with E-state index in [9.17, 15) is 29.4 Å². The molecule has 0 saturated carbocycles. The third-order valence-corrected chi connectivity index (χ3v) is 9.82. The highest BCUT2D eigenvalue weighted by atomic mass is 79.9. The number of phenols is 1. The summed E-state index contributed by atoms with van der Waals surface area (Å²) in [6, 6.07) is 10.1. The van der Waals surface area contributed by atoms with Crippen LogP contribution in [0.1, 0.15) is 43.2 Å². The molecule has 3 aliphatic heterocycles. The molecule has 248 valence electrons. The zero-order valence-corrected chi connectivity index (χ0v) is 28.7. The molecule has 14 heteroatoms. The van der Waals surface area contributed by atoms with Crippen LogP contribution in [0.4, 0.5) is 15.3 Å². The first-order valence-electron chi connectivity index (χ1n) is 15.5. The molecule has 2 saturated heterocycles. The van der Waals surface area contributed by atoms with Crippen molar-refractivity contribution in [3.8, 4) is 5.75 Å². The molecule has 2 aromatic carbocycles. The van der Waals surface area contributed by atoms with E-state index in [1.54, 1.807) is 17.0 Å². The van der Waals surface area contributed by atoms with Gasteiger partial charge in [-0.3, -0.25) is 4.79 Å². The lowest BCUT2D eigenvalue weighted by molar-refractivity contribution is -0.143. The van der Waals surface area contributed by atoms with Gasteiger partial charge in [0, 0.05) is 50.2 Å². The number of aromatic hydroxyl groups is 1. The van der Waals surface area contributed by atoms with Crippen LogP contribution in [0.25, 0.3) is 0 Å².